The van der Waals surface area contributed by atoms with Gasteiger partial charge in [0.15, 0.2) is 0 Å². The lowest BCUT2D eigenvalue weighted by Gasteiger charge is -2.36. The number of nitrogens with one attached hydrogen (secondary N) is 1. The number of anilines is 1. The molecule has 3 atom stereocenters. The van der Waals surface area contributed by atoms with E-state index in [0.29, 0.717) is 18.4 Å². The monoisotopic (exact) mass is 476 g/mol. The molecule has 6 heteroatoms. The van der Waals surface area contributed by atoms with Gasteiger partial charge >= 0.3 is 0 Å². The molecule has 2 amide bonds. The minimum Gasteiger partial charge on any atom is -0.330 e. The van der Waals surface area contributed by atoms with Gasteiger partial charge in [-0.05, 0) is 81.0 Å². The summed E-state index contributed by atoms with van der Waals surface area (Å²) >= 11 is 0. The lowest BCUT2D eigenvalue weighted by Crippen LogP contribution is -2.50. The van der Waals surface area contributed by atoms with Crippen LogP contribution >= 0.6 is 0 Å². The number of likely N-dealkylation sites (tertiary alicyclic amines) is 1. The molecule has 0 radical (unpaired) electrons. The van der Waals surface area contributed by atoms with E-state index in [4.69, 9.17) is 5.73 Å². The van der Waals surface area contributed by atoms with Gasteiger partial charge in [-0.15, -0.1) is 0 Å². The summed E-state index contributed by atoms with van der Waals surface area (Å²) in [4.78, 5) is 33.9. The van der Waals surface area contributed by atoms with Crippen LogP contribution in [0.25, 0.3) is 10.9 Å². The number of hydrogen-bond acceptors (Lipinski definition) is 4. The summed E-state index contributed by atoms with van der Waals surface area (Å²) in [6, 6.07) is 9.56. The second-order valence-corrected chi connectivity index (χ2v) is 11.2. The van der Waals surface area contributed by atoms with Crippen LogP contribution in [0.2, 0.25) is 0 Å². The molecule has 2 saturated carbocycles. The van der Waals surface area contributed by atoms with Gasteiger partial charge in [0.05, 0.1) is 5.52 Å². The number of benzene rings is 1. The molecule has 1 saturated heterocycles. The fourth-order valence-electron chi connectivity index (χ4n) is 6.95. The summed E-state index contributed by atoms with van der Waals surface area (Å²) in [5.41, 5.74) is 7.81. The molecule has 2 aliphatic carbocycles. The maximum Gasteiger partial charge on any atom is 0.247 e. The highest BCUT2D eigenvalue weighted by molar-refractivity contribution is 5.99. The maximum absolute atomic E-state index is 13.8. The normalized spacial score (nSPS) is 28.7. The van der Waals surface area contributed by atoms with Gasteiger partial charge in [0.2, 0.25) is 11.8 Å². The van der Waals surface area contributed by atoms with Crippen LogP contribution in [0.4, 0.5) is 5.69 Å². The standard InChI is InChI=1S/C29H40N4O2/c1-19(30)20-9-11-22(12-10-20)29(35)33-17-15-25(21-6-3-2-4-7-21)27(33)28(34)32-24-13-14-26-23(18-24)8-5-16-31-26/h5,8,13-14,16,18-22,25,27H,2-4,6-7,9-12,15,17,30H2,1H3,(H,32,34)/t19?,20?,22?,25-,27-/m0/s1. The van der Waals surface area contributed by atoms with Crippen LogP contribution in [0, 0.1) is 23.7 Å². The lowest BCUT2D eigenvalue weighted by molar-refractivity contribution is -0.142. The highest BCUT2D eigenvalue weighted by atomic mass is 16.2. The summed E-state index contributed by atoms with van der Waals surface area (Å²) in [5, 5.41) is 4.18. The van der Waals surface area contributed by atoms with Crippen LogP contribution in [0.1, 0.15) is 71.1 Å². The maximum atomic E-state index is 13.8. The second-order valence-electron chi connectivity index (χ2n) is 11.2. The van der Waals surface area contributed by atoms with Gasteiger partial charge in [0.1, 0.15) is 6.04 Å². The first kappa shape index (κ1) is 24.2. The molecule has 6 nitrogen and oxygen atoms in total. The van der Waals surface area contributed by atoms with Gasteiger partial charge in [-0.3, -0.25) is 14.6 Å². The molecule has 1 aromatic heterocycles. The van der Waals surface area contributed by atoms with E-state index >= 15 is 0 Å². The number of hydrogen-bond donors (Lipinski definition) is 2. The Kier molecular flexibility index (Phi) is 7.37. The molecule has 188 valence electrons. The summed E-state index contributed by atoms with van der Waals surface area (Å²) in [6.45, 7) is 2.78. The Labute approximate surface area is 209 Å². The zero-order chi connectivity index (χ0) is 24.4. The minimum absolute atomic E-state index is 0.0251. The van der Waals surface area contributed by atoms with Crippen molar-refractivity contribution in [1.29, 1.82) is 0 Å². The first-order valence-electron chi connectivity index (χ1n) is 13.7. The highest BCUT2D eigenvalue weighted by Crippen LogP contribution is 2.41. The number of carbonyl (C=O) groups is 2. The van der Waals surface area contributed by atoms with E-state index in [1.54, 1.807) is 6.20 Å². The SMILES string of the molecule is CC(N)C1CCC(C(=O)N2CC[C@@H](C3CCCCC3)[C@H]2C(=O)Nc2ccc3ncccc3c2)CC1. The van der Waals surface area contributed by atoms with E-state index in [1.807, 2.05) is 35.2 Å². The number of aromatic nitrogens is 1. The first-order chi connectivity index (χ1) is 17.0. The van der Waals surface area contributed by atoms with Gasteiger partial charge in [0.25, 0.3) is 0 Å². The number of nitrogens with zero attached hydrogens (tertiary/aromatic N) is 2. The zero-order valence-electron chi connectivity index (χ0n) is 21.0. The predicted molar refractivity (Wildman–Crippen MR) is 140 cm³/mol. The quantitative estimate of drug-likeness (QED) is 0.627. The van der Waals surface area contributed by atoms with Crippen molar-refractivity contribution in [1.82, 2.24) is 9.88 Å². The lowest BCUT2D eigenvalue weighted by atomic mass is 9.76. The summed E-state index contributed by atoms with van der Waals surface area (Å²) < 4.78 is 0. The van der Waals surface area contributed by atoms with Crippen LogP contribution in [0.3, 0.4) is 0 Å². The molecule has 0 bridgehead atoms. The molecular weight excluding hydrogens is 436 g/mol. The van der Waals surface area contributed by atoms with Gasteiger partial charge in [0, 0.05) is 35.8 Å². The van der Waals surface area contributed by atoms with Crippen LogP contribution in [-0.2, 0) is 9.59 Å². The smallest absolute Gasteiger partial charge is 0.247 e. The van der Waals surface area contributed by atoms with Gasteiger partial charge in [-0.2, -0.15) is 0 Å². The van der Waals surface area contributed by atoms with Crippen molar-refractivity contribution in [2.24, 2.45) is 29.4 Å². The number of fused-ring (bicyclic) bond motifs is 1. The number of rotatable bonds is 5. The zero-order valence-corrected chi connectivity index (χ0v) is 21.0. The van der Waals surface area contributed by atoms with E-state index in [9.17, 15) is 9.59 Å². The molecule has 2 aromatic rings. The third-order valence-corrected chi connectivity index (χ3v) is 8.99. The first-order valence-corrected chi connectivity index (χ1v) is 13.7. The average Bonchev–Trinajstić information content (AvgIpc) is 3.34. The van der Waals surface area contributed by atoms with Crippen LogP contribution < -0.4 is 11.1 Å². The molecule has 5 rings (SSSR count). The Morgan fingerprint density at radius 3 is 2.54 bits per heavy atom. The van der Waals surface area contributed by atoms with Crippen LogP contribution in [-0.4, -0.2) is 40.3 Å². The van der Waals surface area contributed by atoms with Crippen LogP contribution in [0.15, 0.2) is 36.5 Å². The molecule has 0 spiro atoms. The Morgan fingerprint density at radius 2 is 1.80 bits per heavy atom. The third kappa shape index (κ3) is 5.23. The Morgan fingerprint density at radius 1 is 1.03 bits per heavy atom. The summed E-state index contributed by atoms with van der Waals surface area (Å²) in [6.07, 6.45) is 12.6. The van der Waals surface area contributed by atoms with E-state index in [2.05, 4.69) is 17.2 Å². The number of nitrogens with two attached hydrogens (primary N) is 1. The van der Waals surface area contributed by atoms with Gasteiger partial charge < -0.3 is 16.0 Å². The topological polar surface area (TPSA) is 88.3 Å². The van der Waals surface area contributed by atoms with Crippen LogP contribution in [0.5, 0.6) is 0 Å². The van der Waals surface area contributed by atoms with E-state index in [1.165, 1.54) is 32.1 Å². The second kappa shape index (κ2) is 10.7. The third-order valence-electron chi connectivity index (χ3n) is 8.99. The fourth-order valence-corrected chi connectivity index (χ4v) is 6.95. The Hall–Kier alpha value is -2.47. The predicted octanol–water partition coefficient (Wildman–Crippen LogP) is 5.12. The molecule has 3 aliphatic rings. The Balaban J connectivity index is 1.35. The number of carbonyl (C=O) groups excluding carboxylic acids is 2. The van der Waals surface area contributed by atoms with Gasteiger partial charge in [-0.1, -0.05) is 38.2 Å². The van der Waals surface area contributed by atoms with E-state index < -0.39 is 0 Å². The average molecular weight is 477 g/mol. The molecule has 3 fully saturated rings. The molecule has 2 heterocycles. The fraction of sp³-hybridized carbons (Fsp3) is 0.621. The van der Waals surface area contributed by atoms with E-state index in [0.717, 1.165) is 48.7 Å². The van der Waals surface area contributed by atoms with Gasteiger partial charge in [-0.25, -0.2) is 0 Å². The molecule has 1 unspecified atom stereocenters. The summed E-state index contributed by atoms with van der Waals surface area (Å²) in [5.74, 6) is 1.48. The van der Waals surface area contributed by atoms with Crippen molar-refractivity contribution in [3.8, 4) is 0 Å². The number of amides is 2. The molecule has 1 aromatic carbocycles. The highest BCUT2D eigenvalue weighted by Gasteiger charge is 2.46. The largest absolute Gasteiger partial charge is 0.330 e. The molecule has 35 heavy (non-hydrogen) atoms. The van der Waals surface area contributed by atoms with Crippen molar-refractivity contribution in [2.45, 2.75) is 83.2 Å². The van der Waals surface area contributed by atoms with Crippen molar-refractivity contribution in [3.05, 3.63) is 36.5 Å². The van der Waals surface area contributed by atoms with Crippen molar-refractivity contribution in [3.63, 3.8) is 0 Å². The van der Waals surface area contributed by atoms with E-state index in [-0.39, 0.29) is 35.7 Å². The van der Waals surface area contributed by atoms with Crippen molar-refractivity contribution in [2.75, 3.05) is 11.9 Å². The van der Waals surface area contributed by atoms with Crippen molar-refractivity contribution >= 4 is 28.4 Å². The summed E-state index contributed by atoms with van der Waals surface area (Å²) in [7, 11) is 0. The Bertz CT molecular complexity index is 1040. The molecule has 1 aliphatic heterocycles. The molecule has 3 N–H and O–H groups in total. The number of pyridine rings is 1. The molecular formula is C29H40N4O2. The van der Waals surface area contributed by atoms with Crippen molar-refractivity contribution < 1.29 is 9.59 Å². The minimum atomic E-state index is -0.374.